The van der Waals surface area contributed by atoms with Crippen LogP contribution in [-0.2, 0) is 11.2 Å². The molecule has 18 heavy (non-hydrogen) atoms. The smallest absolute Gasteiger partial charge is 0.228 e. The van der Waals surface area contributed by atoms with Crippen molar-refractivity contribution in [2.24, 2.45) is 0 Å². The van der Waals surface area contributed by atoms with Gasteiger partial charge in [0.15, 0.2) is 0 Å². The van der Waals surface area contributed by atoms with Crippen molar-refractivity contribution in [3.8, 4) is 11.5 Å². The molecule has 7 heteroatoms. The fourth-order valence-electron chi connectivity index (χ4n) is 1.32. The molecule has 0 atom stereocenters. The molecule has 0 bridgehead atoms. The largest absolute Gasteiger partial charge is 0.356 e. The summed E-state index contributed by atoms with van der Waals surface area (Å²) in [6.07, 6.45) is 0.492. The van der Waals surface area contributed by atoms with Gasteiger partial charge in [0.05, 0.1) is 5.69 Å². The predicted octanol–water partition coefficient (Wildman–Crippen LogP) is 0.514. The highest BCUT2D eigenvalue weighted by molar-refractivity contribution is 5.72. The zero-order valence-corrected chi connectivity index (χ0v) is 10.2. The van der Waals surface area contributed by atoms with E-state index in [9.17, 15) is 4.79 Å². The van der Waals surface area contributed by atoms with Crippen LogP contribution in [0.3, 0.4) is 0 Å². The normalized spacial score (nSPS) is 10.3. The Morgan fingerprint density at radius 3 is 2.89 bits per heavy atom. The fraction of sp³-hybridized carbons (Fsp3) is 0.364. The molecule has 0 spiro atoms. The first-order valence-electron chi connectivity index (χ1n) is 5.53. The Morgan fingerprint density at radius 2 is 2.22 bits per heavy atom. The number of aryl methyl sites for hydroxylation is 1. The van der Waals surface area contributed by atoms with Crippen LogP contribution in [0.25, 0.3) is 11.5 Å². The highest BCUT2D eigenvalue weighted by Gasteiger charge is 2.09. The van der Waals surface area contributed by atoms with Gasteiger partial charge in [-0.1, -0.05) is 5.16 Å². The van der Waals surface area contributed by atoms with Crippen molar-refractivity contribution in [1.29, 1.82) is 0 Å². The van der Waals surface area contributed by atoms with Gasteiger partial charge in [-0.25, -0.2) is 0 Å². The van der Waals surface area contributed by atoms with E-state index >= 15 is 0 Å². The highest BCUT2D eigenvalue weighted by atomic mass is 16.5. The zero-order chi connectivity index (χ0) is 13.0. The van der Waals surface area contributed by atoms with Crippen LogP contribution < -0.4 is 5.32 Å². The summed E-state index contributed by atoms with van der Waals surface area (Å²) < 4.78 is 5.05. The van der Waals surface area contributed by atoms with Crippen LogP contribution in [0.1, 0.15) is 18.5 Å². The Balaban J connectivity index is 2.01. The van der Waals surface area contributed by atoms with Gasteiger partial charge in [0, 0.05) is 19.9 Å². The van der Waals surface area contributed by atoms with E-state index in [4.69, 9.17) is 4.52 Å². The lowest BCUT2D eigenvalue weighted by molar-refractivity contribution is -0.118. The topological polar surface area (TPSA) is 93.8 Å². The van der Waals surface area contributed by atoms with Crippen molar-refractivity contribution in [2.75, 3.05) is 6.54 Å². The first-order valence-corrected chi connectivity index (χ1v) is 5.53. The quantitative estimate of drug-likeness (QED) is 0.846. The molecule has 0 unspecified atom stereocenters. The molecule has 1 amide bonds. The summed E-state index contributed by atoms with van der Waals surface area (Å²) >= 11 is 0. The van der Waals surface area contributed by atoms with E-state index in [2.05, 4.69) is 25.7 Å². The number of carbonyl (C=O) groups excluding carboxylic acids is 1. The molecule has 0 aliphatic heterocycles. The first-order chi connectivity index (χ1) is 8.65. The van der Waals surface area contributed by atoms with E-state index in [1.807, 2.05) is 13.0 Å². The van der Waals surface area contributed by atoms with E-state index in [0.29, 0.717) is 30.4 Å². The number of carbonyl (C=O) groups is 1. The van der Waals surface area contributed by atoms with Gasteiger partial charge < -0.3 is 9.84 Å². The average molecular weight is 247 g/mol. The summed E-state index contributed by atoms with van der Waals surface area (Å²) in [5.74, 6) is 0.778. The summed E-state index contributed by atoms with van der Waals surface area (Å²) in [7, 11) is 0. The number of nitrogens with zero attached hydrogens (tertiary/aromatic N) is 4. The number of hydrogen-bond donors (Lipinski definition) is 1. The second kappa shape index (κ2) is 5.35. The van der Waals surface area contributed by atoms with Gasteiger partial charge in [-0.2, -0.15) is 10.1 Å². The minimum atomic E-state index is -0.0841. The van der Waals surface area contributed by atoms with E-state index < -0.39 is 0 Å². The van der Waals surface area contributed by atoms with E-state index in [-0.39, 0.29) is 5.91 Å². The van der Waals surface area contributed by atoms with Crippen LogP contribution in [0.5, 0.6) is 0 Å². The number of amides is 1. The summed E-state index contributed by atoms with van der Waals surface area (Å²) in [6.45, 7) is 3.78. The summed E-state index contributed by atoms with van der Waals surface area (Å²) in [6, 6.07) is 3.61. The minimum Gasteiger partial charge on any atom is -0.356 e. The standard InChI is InChI=1S/C11H13N5O2/c1-7-3-4-9(15-14-7)11-13-10(18-16-11)5-6-12-8(2)17/h3-4H,5-6H2,1-2H3,(H,12,17). The molecule has 0 aliphatic rings. The van der Waals surface area contributed by atoms with Crippen LogP contribution in [0, 0.1) is 6.92 Å². The summed E-state index contributed by atoms with van der Waals surface area (Å²) in [5, 5.41) is 14.4. The number of rotatable bonds is 4. The molecule has 0 saturated heterocycles. The lowest BCUT2D eigenvalue weighted by Gasteiger charge is -1.96. The fourth-order valence-corrected chi connectivity index (χ4v) is 1.32. The SMILES string of the molecule is CC(=O)NCCc1nc(-c2ccc(C)nn2)no1. The molecule has 2 aromatic rings. The van der Waals surface area contributed by atoms with Crippen molar-refractivity contribution in [2.45, 2.75) is 20.3 Å². The molecule has 94 valence electrons. The third kappa shape index (κ3) is 3.09. The van der Waals surface area contributed by atoms with Crippen LogP contribution >= 0.6 is 0 Å². The Kier molecular flexibility index (Phi) is 3.61. The van der Waals surface area contributed by atoms with Crippen molar-refractivity contribution in [3.63, 3.8) is 0 Å². The molecule has 0 fully saturated rings. The second-order valence-corrected chi connectivity index (χ2v) is 3.80. The molecule has 2 heterocycles. The van der Waals surface area contributed by atoms with Crippen LogP contribution in [0.2, 0.25) is 0 Å². The molecule has 1 N–H and O–H groups in total. The van der Waals surface area contributed by atoms with E-state index in [1.54, 1.807) is 6.07 Å². The molecule has 7 nitrogen and oxygen atoms in total. The van der Waals surface area contributed by atoms with Gasteiger partial charge in [0.2, 0.25) is 17.6 Å². The Hall–Kier alpha value is -2.31. The van der Waals surface area contributed by atoms with Gasteiger partial charge in [-0.05, 0) is 19.1 Å². The van der Waals surface area contributed by atoms with Crippen molar-refractivity contribution in [1.82, 2.24) is 25.7 Å². The average Bonchev–Trinajstić information content (AvgIpc) is 2.78. The van der Waals surface area contributed by atoms with Gasteiger partial charge >= 0.3 is 0 Å². The van der Waals surface area contributed by atoms with Crippen molar-refractivity contribution in [3.05, 3.63) is 23.7 Å². The maximum atomic E-state index is 10.7. The van der Waals surface area contributed by atoms with Gasteiger partial charge in [-0.3, -0.25) is 4.79 Å². The minimum absolute atomic E-state index is 0.0841. The van der Waals surface area contributed by atoms with Gasteiger partial charge in [0.25, 0.3) is 0 Å². The molecule has 2 rings (SSSR count). The second-order valence-electron chi connectivity index (χ2n) is 3.80. The Labute approximate surface area is 104 Å². The lowest BCUT2D eigenvalue weighted by Crippen LogP contribution is -2.22. The Bertz CT molecular complexity index is 535. The number of aromatic nitrogens is 4. The van der Waals surface area contributed by atoms with E-state index in [1.165, 1.54) is 6.92 Å². The first kappa shape index (κ1) is 12.2. The van der Waals surface area contributed by atoms with Crippen molar-refractivity contribution < 1.29 is 9.32 Å². The van der Waals surface area contributed by atoms with Crippen LogP contribution in [0.15, 0.2) is 16.7 Å². The molecule has 0 saturated carbocycles. The maximum absolute atomic E-state index is 10.7. The Morgan fingerprint density at radius 1 is 1.39 bits per heavy atom. The highest BCUT2D eigenvalue weighted by Crippen LogP contribution is 2.11. The van der Waals surface area contributed by atoms with Crippen LogP contribution in [-0.4, -0.2) is 32.8 Å². The zero-order valence-electron chi connectivity index (χ0n) is 10.2. The molecular formula is C11H13N5O2. The lowest BCUT2D eigenvalue weighted by atomic mass is 10.3. The molecule has 0 aliphatic carbocycles. The van der Waals surface area contributed by atoms with Gasteiger partial charge in [-0.15, -0.1) is 5.10 Å². The molecule has 2 aromatic heterocycles. The van der Waals surface area contributed by atoms with Gasteiger partial charge in [0.1, 0.15) is 5.69 Å². The third-order valence-corrected chi connectivity index (χ3v) is 2.21. The monoisotopic (exact) mass is 247 g/mol. The van der Waals surface area contributed by atoms with E-state index in [0.717, 1.165) is 5.69 Å². The third-order valence-electron chi connectivity index (χ3n) is 2.21. The molecular weight excluding hydrogens is 234 g/mol. The summed E-state index contributed by atoms with van der Waals surface area (Å²) in [4.78, 5) is 14.9. The summed E-state index contributed by atoms with van der Waals surface area (Å²) in [5.41, 5.74) is 1.39. The predicted molar refractivity (Wildman–Crippen MR) is 62.4 cm³/mol. The number of hydrogen-bond acceptors (Lipinski definition) is 6. The van der Waals surface area contributed by atoms with Crippen LogP contribution in [0.4, 0.5) is 0 Å². The molecule has 0 radical (unpaired) electrons. The molecule has 0 aromatic carbocycles. The maximum Gasteiger partial charge on any atom is 0.228 e. The number of nitrogens with one attached hydrogen (secondary N) is 1. The van der Waals surface area contributed by atoms with Crippen molar-refractivity contribution >= 4 is 5.91 Å².